The van der Waals surface area contributed by atoms with Crippen molar-refractivity contribution in [1.82, 2.24) is 9.88 Å². The van der Waals surface area contributed by atoms with E-state index >= 15 is 0 Å². The molecule has 116 valence electrons. The highest BCUT2D eigenvalue weighted by molar-refractivity contribution is 5.80. The summed E-state index contributed by atoms with van der Waals surface area (Å²) in [6, 6.07) is 5.64. The van der Waals surface area contributed by atoms with E-state index < -0.39 is 0 Å². The zero-order valence-corrected chi connectivity index (χ0v) is 12.7. The average molecular weight is 300 g/mol. The topological polar surface area (TPSA) is 69.5 Å². The SMILES string of the molecule is C[C@@H]1CN(c2ccc(C#N)nc2)C[C@H]1C(=O)N1CCOCC1. The molecule has 22 heavy (non-hydrogen) atoms. The van der Waals surface area contributed by atoms with Crippen molar-refractivity contribution in [2.24, 2.45) is 11.8 Å². The van der Waals surface area contributed by atoms with E-state index in [9.17, 15) is 4.79 Å². The van der Waals surface area contributed by atoms with E-state index in [0.717, 1.165) is 12.2 Å². The largest absolute Gasteiger partial charge is 0.378 e. The lowest BCUT2D eigenvalue weighted by atomic mass is 9.96. The molecular formula is C16H20N4O2. The highest BCUT2D eigenvalue weighted by atomic mass is 16.5. The van der Waals surface area contributed by atoms with Crippen LogP contribution in [0.25, 0.3) is 0 Å². The van der Waals surface area contributed by atoms with Crippen molar-refractivity contribution < 1.29 is 9.53 Å². The number of carbonyl (C=O) groups is 1. The summed E-state index contributed by atoms with van der Waals surface area (Å²) in [6.07, 6.45) is 1.72. The first-order chi connectivity index (χ1) is 10.7. The Bertz CT molecular complexity index is 575. The molecule has 6 heteroatoms. The van der Waals surface area contributed by atoms with E-state index in [0.29, 0.717) is 44.5 Å². The first-order valence-corrected chi connectivity index (χ1v) is 7.66. The van der Waals surface area contributed by atoms with Crippen LogP contribution >= 0.6 is 0 Å². The molecule has 0 saturated carbocycles. The fraction of sp³-hybridized carbons (Fsp3) is 0.562. The van der Waals surface area contributed by atoms with Crippen molar-refractivity contribution in [3.05, 3.63) is 24.0 Å². The van der Waals surface area contributed by atoms with Gasteiger partial charge in [0.15, 0.2) is 0 Å². The minimum Gasteiger partial charge on any atom is -0.378 e. The normalized spacial score (nSPS) is 25.1. The molecule has 0 radical (unpaired) electrons. The number of rotatable bonds is 2. The number of hydrogen-bond donors (Lipinski definition) is 0. The van der Waals surface area contributed by atoms with Crippen LogP contribution in [0.4, 0.5) is 5.69 Å². The first kappa shape index (κ1) is 14.8. The van der Waals surface area contributed by atoms with Crippen molar-refractivity contribution in [1.29, 1.82) is 5.26 Å². The molecule has 2 aliphatic rings. The number of ether oxygens (including phenoxy) is 1. The number of aromatic nitrogens is 1. The molecule has 2 saturated heterocycles. The number of hydrogen-bond acceptors (Lipinski definition) is 5. The number of pyridine rings is 1. The van der Waals surface area contributed by atoms with Crippen LogP contribution in [0.3, 0.4) is 0 Å². The first-order valence-electron chi connectivity index (χ1n) is 7.66. The lowest BCUT2D eigenvalue weighted by Gasteiger charge is -2.30. The van der Waals surface area contributed by atoms with Gasteiger partial charge < -0.3 is 14.5 Å². The maximum absolute atomic E-state index is 12.7. The molecule has 3 rings (SSSR count). The molecule has 2 fully saturated rings. The van der Waals surface area contributed by atoms with Gasteiger partial charge in [0.25, 0.3) is 0 Å². The van der Waals surface area contributed by atoms with Crippen LogP contribution in [0.5, 0.6) is 0 Å². The summed E-state index contributed by atoms with van der Waals surface area (Å²) in [4.78, 5) is 20.9. The van der Waals surface area contributed by atoms with Crippen LogP contribution in [0.2, 0.25) is 0 Å². The average Bonchev–Trinajstić information content (AvgIpc) is 2.97. The fourth-order valence-electron chi connectivity index (χ4n) is 3.16. The number of morpholine rings is 1. The van der Waals surface area contributed by atoms with Gasteiger partial charge in [-0.25, -0.2) is 4.98 Å². The molecular weight excluding hydrogens is 280 g/mol. The van der Waals surface area contributed by atoms with Crippen molar-refractivity contribution in [3.8, 4) is 6.07 Å². The molecule has 6 nitrogen and oxygen atoms in total. The van der Waals surface area contributed by atoms with Gasteiger partial charge in [0.1, 0.15) is 11.8 Å². The lowest BCUT2D eigenvalue weighted by molar-refractivity contribution is -0.140. The fourth-order valence-corrected chi connectivity index (χ4v) is 3.16. The van der Waals surface area contributed by atoms with Crippen LogP contribution in [0.1, 0.15) is 12.6 Å². The third-order valence-corrected chi connectivity index (χ3v) is 4.48. The van der Waals surface area contributed by atoms with Crippen LogP contribution in [0.15, 0.2) is 18.3 Å². The molecule has 1 amide bonds. The van der Waals surface area contributed by atoms with Gasteiger partial charge in [0, 0.05) is 26.2 Å². The Labute approximate surface area is 130 Å². The molecule has 3 heterocycles. The Morgan fingerprint density at radius 2 is 2.14 bits per heavy atom. The smallest absolute Gasteiger partial charge is 0.227 e. The summed E-state index contributed by atoms with van der Waals surface area (Å²) >= 11 is 0. The van der Waals surface area contributed by atoms with E-state index in [-0.39, 0.29) is 11.8 Å². The molecule has 2 aliphatic heterocycles. The van der Waals surface area contributed by atoms with Crippen molar-refractivity contribution in [3.63, 3.8) is 0 Å². The molecule has 0 aromatic carbocycles. The van der Waals surface area contributed by atoms with Crippen molar-refractivity contribution in [2.45, 2.75) is 6.92 Å². The standard InChI is InChI=1S/C16H20N4O2/c1-12-10-20(14-3-2-13(8-17)18-9-14)11-15(12)16(21)19-4-6-22-7-5-19/h2-3,9,12,15H,4-7,10-11H2,1H3/t12-,15-/m1/s1. The lowest BCUT2D eigenvalue weighted by Crippen LogP contribution is -2.45. The Balaban J connectivity index is 1.68. The second-order valence-corrected chi connectivity index (χ2v) is 5.94. The predicted molar refractivity (Wildman–Crippen MR) is 81.2 cm³/mol. The van der Waals surface area contributed by atoms with Gasteiger partial charge in [-0.15, -0.1) is 0 Å². The Morgan fingerprint density at radius 1 is 1.36 bits per heavy atom. The van der Waals surface area contributed by atoms with E-state index in [1.54, 1.807) is 12.3 Å². The van der Waals surface area contributed by atoms with Gasteiger partial charge in [-0.1, -0.05) is 6.92 Å². The number of nitriles is 1. The van der Waals surface area contributed by atoms with Gasteiger partial charge in [-0.05, 0) is 18.1 Å². The highest BCUT2D eigenvalue weighted by Crippen LogP contribution is 2.29. The minimum absolute atomic E-state index is 0.0220. The monoisotopic (exact) mass is 300 g/mol. The number of anilines is 1. The maximum atomic E-state index is 12.7. The number of nitrogens with zero attached hydrogens (tertiary/aromatic N) is 4. The molecule has 0 unspecified atom stereocenters. The Hall–Kier alpha value is -2.13. The zero-order valence-electron chi connectivity index (χ0n) is 12.7. The molecule has 2 atom stereocenters. The highest BCUT2D eigenvalue weighted by Gasteiger charge is 2.37. The summed E-state index contributed by atoms with van der Waals surface area (Å²) in [5.74, 6) is 0.569. The van der Waals surface area contributed by atoms with E-state index in [2.05, 4.69) is 16.8 Å². The van der Waals surface area contributed by atoms with Gasteiger partial charge >= 0.3 is 0 Å². The summed E-state index contributed by atoms with van der Waals surface area (Å²) in [5.41, 5.74) is 1.39. The van der Waals surface area contributed by atoms with Crippen LogP contribution in [-0.2, 0) is 9.53 Å². The molecule has 0 N–H and O–H groups in total. The van der Waals surface area contributed by atoms with Crippen LogP contribution in [-0.4, -0.2) is 55.2 Å². The van der Waals surface area contributed by atoms with Gasteiger partial charge in [-0.2, -0.15) is 5.26 Å². The maximum Gasteiger partial charge on any atom is 0.227 e. The van der Waals surface area contributed by atoms with Crippen LogP contribution in [0, 0.1) is 23.2 Å². The van der Waals surface area contributed by atoms with Gasteiger partial charge in [-0.3, -0.25) is 4.79 Å². The molecule has 0 aliphatic carbocycles. The molecule has 0 bridgehead atoms. The number of amides is 1. The molecule has 1 aromatic rings. The Kier molecular flexibility index (Phi) is 4.25. The van der Waals surface area contributed by atoms with Crippen molar-refractivity contribution >= 4 is 11.6 Å². The van der Waals surface area contributed by atoms with E-state index in [1.165, 1.54) is 0 Å². The molecule has 1 aromatic heterocycles. The van der Waals surface area contributed by atoms with E-state index in [4.69, 9.17) is 10.00 Å². The van der Waals surface area contributed by atoms with Gasteiger partial charge in [0.2, 0.25) is 5.91 Å². The number of carbonyl (C=O) groups excluding carboxylic acids is 1. The zero-order chi connectivity index (χ0) is 15.5. The predicted octanol–water partition coefficient (Wildman–Crippen LogP) is 0.884. The second-order valence-electron chi connectivity index (χ2n) is 5.94. The third kappa shape index (κ3) is 2.90. The quantitative estimate of drug-likeness (QED) is 0.811. The Morgan fingerprint density at radius 3 is 2.77 bits per heavy atom. The summed E-state index contributed by atoms with van der Waals surface area (Å²) in [7, 11) is 0. The third-order valence-electron chi connectivity index (χ3n) is 4.48. The molecule has 0 spiro atoms. The van der Waals surface area contributed by atoms with Crippen LogP contribution < -0.4 is 4.90 Å². The second kappa shape index (κ2) is 6.32. The summed E-state index contributed by atoms with van der Waals surface area (Å²) < 4.78 is 5.31. The minimum atomic E-state index is 0.0220. The van der Waals surface area contributed by atoms with Crippen molar-refractivity contribution in [2.75, 3.05) is 44.3 Å². The summed E-state index contributed by atoms with van der Waals surface area (Å²) in [6.45, 7) is 6.34. The van der Waals surface area contributed by atoms with Gasteiger partial charge in [0.05, 0.1) is 31.0 Å². The van der Waals surface area contributed by atoms with E-state index in [1.807, 2.05) is 17.0 Å². The summed E-state index contributed by atoms with van der Waals surface area (Å²) in [5, 5.41) is 8.81.